The Balaban J connectivity index is 2.30. The lowest BCUT2D eigenvalue weighted by molar-refractivity contribution is -0.145. The third-order valence-corrected chi connectivity index (χ3v) is 3.08. The van der Waals surface area contributed by atoms with Gasteiger partial charge < -0.3 is 10.8 Å². The molecule has 2 unspecified atom stereocenters. The minimum absolute atomic E-state index is 0.0508. The molecule has 1 aliphatic carbocycles. The standard InChI is InChI=1S/C11H14N2O2/c1-6-4-9(10(12)13-5-6)7-2-3-8(7)11(14)15/h4-5,7-8H,2-3H2,1H3,(H2,12,13)(H,14,15). The molecule has 3 N–H and O–H groups in total. The Bertz CT molecular complexity index is 404. The maximum absolute atomic E-state index is 10.9. The van der Waals surface area contributed by atoms with Crippen molar-refractivity contribution < 1.29 is 9.90 Å². The average molecular weight is 206 g/mol. The van der Waals surface area contributed by atoms with Gasteiger partial charge in [0.2, 0.25) is 0 Å². The number of nitrogen functional groups attached to an aromatic ring is 1. The molecule has 4 nitrogen and oxygen atoms in total. The molecule has 2 rings (SSSR count). The lowest BCUT2D eigenvalue weighted by Gasteiger charge is -2.34. The Kier molecular flexibility index (Phi) is 2.34. The van der Waals surface area contributed by atoms with Gasteiger partial charge in [-0.3, -0.25) is 4.79 Å². The van der Waals surface area contributed by atoms with E-state index < -0.39 is 5.97 Å². The van der Waals surface area contributed by atoms with Gasteiger partial charge in [0.15, 0.2) is 0 Å². The van der Waals surface area contributed by atoms with Gasteiger partial charge in [0.1, 0.15) is 5.82 Å². The van der Waals surface area contributed by atoms with E-state index in [4.69, 9.17) is 10.8 Å². The number of nitrogens with two attached hydrogens (primary N) is 1. The number of pyridine rings is 1. The van der Waals surface area contributed by atoms with Crippen molar-refractivity contribution in [3.63, 3.8) is 0 Å². The van der Waals surface area contributed by atoms with Crippen LogP contribution in [0.25, 0.3) is 0 Å². The molecule has 0 radical (unpaired) electrons. The molecule has 1 aliphatic rings. The smallest absolute Gasteiger partial charge is 0.307 e. The van der Waals surface area contributed by atoms with E-state index in [2.05, 4.69) is 4.98 Å². The molecule has 1 aromatic heterocycles. The summed E-state index contributed by atoms with van der Waals surface area (Å²) in [5.74, 6) is -0.491. The lowest BCUT2D eigenvalue weighted by atomic mass is 9.70. The molecule has 2 atom stereocenters. The maximum atomic E-state index is 10.9. The first-order valence-corrected chi connectivity index (χ1v) is 5.04. The SMILES string of the molecule is Cc1cnc(N)c(C2CCC2C(=O)O)c1. The van der Waals surface area contributed by atoms with Gasteiger partial charge in [0, 0.05) is 12.1 Å². The van der Waals surface area contributed by atoms with Crippen molar-refractivity contribution >= 4 is 11.8 Å². The molecule has 0 spiro atoms. The zero-order chi connectivity index (χ0) is 11.0. The molecule has 0 aromatic carbocycles. The average Bonchev–Trinajstić information content (AvgIpc) is 2.08. The van der Waals surface area contributed by atoms with Crippen LogP contribution >= 0.6 is 0 Å². The highest BCUT2D eigenvalue weighted by Crippen LogP contribution is 2.44. The number of aromatic nitrogens is 1. The zero-order valence-corrected chi connectivity index (χ0v) is 8.60. The summed E-state index contributed by atoms with van der Waals surface area (Å²) >= 11 is 0. The van der Waals surface area contributed by atoms with E-state index in [9.17, 15) is 4.79 Å². The molecule has 1 saturated carbocycles. The number of aliphatic carboxylic acids is 1. The number of rotatable bonds is 2. The number of anilines is 1. The second-order valence-corrected chi connectivity index (χ2v) is 4.12. The number of carboxylic acid groups (broad SMARTS) is 1. The van der Waals surface area contributed by atoms with Crippen molar-refractivity contribution in [3.05, 3.63) is 23.4 Å². The van der Waals surface area contributed by atoms with Crippen LogP contribution in [-0.4, -0.2) is 16.1 Å². The molecule has 0 aliphatic heterocycles. The van der Waals surface area contributed by atoms with Crippen LogP contribution in [0.3, 0.4) is 0 Å². The van der Waals surface area contributed by atoms with Crippen molar-refractivity contribution in [1.29, 1.82) is 0 Å². The zero-order valence-electron chi connectivity index (χ0n) is 8.60. The van der Waals surface area contributed by atoms with Gasteiger partial charge >= 0.3 is 5.97 Å². The minimum Gasteiger partial charge on any atom is -0.481 e. The number of aryl methyl sites for hydroxylation is 1. The Hall–Kier alpha value is -1.58. The highest BCUT2D eigenvalue weighted by Gasteiger charge is 2.38. The number of hydrogen-bond acceptors (Lipinski definition) is 3. The van der Waals surface area contributed by atoms with E-state index in [0.717, 1.165) is 24.0 Å². The summed E-state index contributed by atoms with van der Waals surface area (Å²) in [5, 5.41) is 8.96. The van der Waals surface area contributed by atoms with E-state index >= 15 is 0 Å². The van der Waals surface area contributed by atoms with Gasteiger partial charge in [-0.2, -0.15) is 0 Å². The summed E-state index contributed by atoms with van der Waals surface area (Å²) < 4.78 is 0. The largest absolute Gasteiger partial charge is 0.481 e. The Morgan fingerprint density at radius 3 is 2.87 bits per heavy atom. The van der Waals surface area contributed by atoms with Crippen molar-refractivity contribution in [1.82, 2.24) is 4.98 Å². The van der Waals surface area contributed by atoms with Gasteiger partial charge in [0.05, 0.1) is 5.92 Å². The first-order valence-electron chi connectivity index (χ1n) is 5.04. The predicted octanol–water partition coefficient (Wildman–Crippen LogP) is 1.55. The van der Waals surface area contributed by atoms with E-state index in [1.165, 1.54) is 0 Å². The van der Waals surface area contributed by atoms with E-state index in [1.807, 2.05) is 13.0 Å². The monoisotopic (exact) mass is 206 g/mol. The van der Waals surface area contributed by atoms with Crippen LogP contribution in [0.2, 0.25) is 0 Å². The van der Waals surface area contributed by atoms with Gasteiger partial charge in [-0.05, 0) is 30.9 Å². The summed E-state index contributed by atoms with van der Waals surface area (Å²) in [6, 6.07) is 1.95. The van der Waals surface area contributed by atoms with Crippen molar-refractivity contribution in [2.24, 2.45) is 5.92 Å². The fraction of sp³-hybridized carbons (Fsp3) is 0.455. The summed E-state index contributed by atoms with van der Waals surface area (Å²) in [6.07, 6.45) is 3.34. The predicted molar refractivity (Wildman–Crippen MR) is 56.5 cm³/mol. The fourth-order valence-corrected chi connectivity index (χ4v) is 2.07. The molecule has 1 fully saturated rings. The van der Waals surface area contributed by atoms with Crippen LogP contribution < -0.4 is 5.73 Å². The summed E-state index contributed by atoms with van der Waals surface area (Å²) in [6.45, 7) is 1.93. The molecule has 1 heterocycles. The third-order valence-electron chi connectivity index (χ3n) is 3.08. The van der Waals surface area contributed by atoms with Gasteiger partial charge in [0.25, 0.3) is 0 Å². The van der Waals surface area contributed by atoms with Gasteiger partial charge in [-0.1, -0.05) is 6.07 Å². The summed E-state index contributed by atoms with van der Waals surface area (Å²) in [4.78, 5) is 15.0. The molecule has 1 aromatic rings. The Morgan fingerprint density at radius 2 is 2.33 bits per heavy atom. The number of hydrogen-bond donors (Lipinski definition) is 2. The van der Waals surface area contributed by atoms with Crippen molar-refractivity contribution in [2.45, 2.75) is 25.7 Å². The van der Waals surface area contributed by atoms with E-state index in [1.54, 1.807) is 6.20 Å². The third kappa shape index (κ3) is 1.67. The topological polar surface area (TPSA) is 76.2 Å². The Morgan fingerprint density at radius 1 is 1.60 bits per heavy atom. The highest BCUT2D eigenvalue weighted by atomic mass is 16.4. The molecule has 0 bridgehead atoms. The molecule has 4 heteroatoms. The lowest BCUT2D eigenvalue weighted by Crippen LogP contribution is -2.31. The Labute approximate surface area is 88.1 Å². The van der Waals surface area contributed by atoms with Crippen LogP contribution in [0, 0.1) is 12.8 Å². The number of nitrogens with zero attached hydrogens (tertiary/aromatic N) is 1. The highest BCUT2D eigenvalue weighted by molar-refractivity contribution is 5.73. The molecular formula is C11H14N2O2. The van der Waals surface area contributed by atoms with Crippen LogP contribution in [-0.2, 0) is 4.79 Å². The molecule has 15 heavy (non-hydrogen) atoms. The van der Waals surface area contributed by atoms with E-state index in [0.29, 0.717) is 5.82 Å². The molecule has 0 saturated heterocycles. The second-order valence-electron chi connectivity index (χ2n) is 4.12. The molecule has 80 valence electrons. The summed E-state index contributed by atoms with van der Waals surface area (Å²) in [5.41, 5.74) is 7.68. The normalized spacial score (nSPS) is 24.6. The van der Waals surface area contributed by atoms with Crippen LogP contribution in [0.15, 0.2) is 12.3 Å². The quantitative estimate of drug-likeness (QED) is 0.769. The summed E-state index contributed by atoms with van der Waals surface area (Å²) in [7, 11) is 0. The van der Waals surface area contributed by atoms with Crippen molar-refractivity contribution in [2.75, 3.05) is 5.73 Å². The van der Waals surface area contributed by atoms with Crippen molar-refractivity contribution in [3.8, 4) is 0 Å². The molecular weight excluding hydrogens is 192 g/mol. The van der Waals surface area contributed by atoms with Gasteiger partial charge in [-0.25, -0.2) is 4.98 Å². The fourth-order valence-electron chi connectivity index (χ4n) is 2.07. The number of carboxylic acids is 1. The number of carbonyl (C=O) groups is 1. The first-order chi connectivity index (χ1) is 7.09. The van der Waals surface area contributed by atoms with E-state index in [-0.39, 0.29) is 11.8 Å². The first kappa shape index (κ1) is 9.96. The second kappa shape index (κ2) is 3.53. The van der Waals surface area contributed by atoms with Crippen LogP contribution in [0.1, 0.15) is 29.9 Å². The maximum Gasteiger partial charge on any atom is 0.307 e. The molecule has 0 amide bonds. The van der Waals surface area contributed by atoms with Crippen LogP contribution in [0.5, 0.6) is 0 Å². The minimum atomic E-state index is -0.729. The van der Waals surface area contributed by atoms with Gasteiger partial charge in [-0.15, -0.1) is 0 Å². The van der Waals surface area contributed by atoms with Crippen LogP contribution in [0.4, 0.5) is 5.82 Å².